The number of ether oxygens (including phenoxy) is 2. The topological polar surface area (TPSA) is 30.5 Å². The van der Waals surface area contributed by atoms with Crippen molar-refractivity contribution < 1.29 is 18.3 Å². The predicted molar refractivity (Wildman–Crippen MR) is 117 cm³/mol. The molecule has 3 nitrogen and oxygen atoms in total. The molecule has 1 fully saturated rings. The number of halogens is 3. The Morgan fingerprint density at radius 1 is 0.968 bits per heavy atom. The van der Waals surface area contributed by atoms with Gasteiger partial charge in [0, 0.05) is 23.2 Å². The predicted octanol–water partition coefficient (Wildman–Crippen LogP) is 5.61. The number of rotatable bonds is 7. The van der Waals surface area contributed by atoms with E-state index >= 15 is 0 Å². The highest BCUT2D eigenvalue weighted by atomic mass is 35.5. The van der Waals surface area contributed by atoms with Crippen LogP contribution in [0.25, 0.3) is 0 Å². The van der Waals surface area contributed by atoms with Gasteiger partial charge in [-0.15, -0.1) is 0 Å². The van der Waals surface area contributed by atoms with E-state index in [2.05, 4.69) is 5.32 Å². The monoisotopic (exact) mass is 443 g/mol. The molecular formula is C25H24ClF2NO2. The lowest BCUT2D eigenvalue weighted by molar-refractivity contribution is -0.176. The van der Waals surface area contributed by atoms with E-state index in [1.54, 1.807) is 0 Å². The summed E-state index contributed by atoms with van der Waals surface area (Å²) in [5, 5.41) is 3.98. The summed E-state index contributed by atoms with van der Waals surface area (Å²) >= 11 is 6.12. The molecule has 1 aliphatic heterocycles. The number of hydrogen-bond donors (Lipinski definition) is 1. The highest BCUT2D eigenvalue weighted by Gasteiger charge is 2.44. The van der Waals surface area contributed by atoms with Crippen LogP contribution in [-0.2, 0) is 28.3 Å². The van der Waals surface area contributed by atoms with E-state index in [0.717, 1.165) is 23.7 Å². The Morgan fingerprint density at radius 3 is 2.48 bits per heavy atom. The standard InChI is InChI=1S/C25H24ClF2NO2/c26-21-9-7-20(8-10-21)25(31-16-18-4-2-1-3-5-18)12-13-29-15-24(25)30-17-19-6-11-22(27)14-23(19)28/h1-11,14,24,29H,12-13,15-17H2. The summed E-state index contributed by atoms with van der Waals surface area (Å²) in [7, 11) is 0. The van der Waals surface area contributed by atoms with Crippen molar-refractivity contribution in [3.05, 3.63) is 106 Å². The summed E-state index contributed by atoms with van der Waals surface area (Å²) in [5.41, 5.74) is 1.58. The minimum absolute atomic E-state index is 0.0164. The van der Waals surface area contributed by atoms with Crippen LogP contribution in [0.2, 0.25) is 5.02 Å². The molecule has 2 atom stereocenters. The largest absolute Gasteiger partial charge is 0.369 e. The maximum atomic E-state index is 14.2. The zero-order valence-electron chi connectivity index (χ0n) is 17.0. The lowest BCUT2D eigenvalue weighted by Crippen LogP contribution is -2.54. The Labute approximate surface area is 186 Å². The van der Waals surface area contributed by atoms with Gasteiger partial charge in [0.1, 0.15) is 23.3 Å². The zero-order valence-corrected chi connectivity index (χ0v) is 17.7. The van der Waals surface area contributed by atoms with Crippen LogP contribution in [0.1, 0.15) is 23.1 Å². The fourth-order valence-corrected chi connectivity index (χ4v) is 4.08. The third-order valence-electron chi connectivity index (χ3n) is 5.65. The van der Waals surface area contributed by atoms with Crippen molar-refractivity contribution in [2.75, 3.05) is 13.1 Å². The van der Waals surface area contributed by atoms with Crippen LogP contribution in [0.15, 0.2) is 72.8 Å². The van der Waals surface area contributed by atoms with E-state index in [1.165, 1.54) is 12.1 Å². The molecule has 3 aromatic carbocycles. The van der Waals surface area contributed by atoms with E-state index in [1.807, 2.05) is 54.6 Å². The fraction of sp³-hybridized carbons (Fsp3) is 0.280. The molecule has 162 valence electrons. The minimum Gasteiger partial charge on any atom is -0.369 e. The first-order chi connectivity index (χ1) is 15.1. The molecule has 31 heavy (non-hydrogen) atoms. The second-order valence-corrected chi connectivity index (χ2v) is 8.10. The van der Waals surface area contributed by atoms with Crippen molar-refractivity contribution in [3.63, 3.8) is 0 Å². The van der Waals surface area contributed by atoms with Crippen LogP contribution >= 0.6 is 11.6 Å². The molecule has 0 spiro atoms. The van der Waals surface area contributed by atoms with Crippen molar-refractivity contribution in [1.82, 2.24) is 5.32 Å². The first kappa shape index (κ1) is 21.9. The third-order valence-corrected chi connectivity index (χ3v) is 5.90. The molecule has 4 rings (SSSR count). The first-order valence-corrected chi connectivity index (χ1v) is 10.6. The molecule has 0 aromatic heterocycles. The molecule has 1 heterocycles. The molecule has 1 aliphatic rings. The van der Waals surface area contributed by atoms with Gasteiger partial charge in [-0.25, -0.2) is 8.78 Å². The molecule has 1 N–H and O–H groups in total. The minimum atomic E-state index is -0.734. The van der Waals surface area contributed by atoms with E-state index in [0.29, 0.717) is 30.2 Å². The Bertz CT molecular complexity index is 1000. The van der Waals surface area contributed by atoms with Gasteiger partial charge in [-0.3, -0.25) is 0 Å². The molecule has 1 saturated heterocycles. The first-order valence-electron chi connectivity index (χ1n) is 10.3. The molecule has 0 bridgehead atoms. The number of hydrogen-bond acceptors (Lipinski definition) is 3. The average molecular weight is 444 g/mol. The van der Waals surface area contributed by atoms with Gasteiger partial charge >= 0.3 is 0 Å². The normalized spacial score (nSPS) is 21.2. The summed E-state index contributed by atoms with van der Waals surface area (Å²) in [6.45, 7) is 1.72. The van der Waals surface area contributed by atoms with E-state index in [-0.39, 0.29) is 12.7 Å². The maximum absolute atomic E-state index is 14.2. The molecule has 3 aromatic rings. The van der Waals surface area contributed by atoms with Crippen molar-refractivity contribution in [2.24, 2.45) is 0 Å². The van der Waals surface area contributed by atoms with Gasteiger partial charge in [0.15, 0.2) is 0 Å². The summed E-state index contributed by atoms with van der Waals surface area (Å²) in [6.07, 6.45) is 0.300. The molecule has 0 saturated carbocycles. The summed E-state index contributed by atoms with van der Waals surface area (Å²) in [5.74, 6) is -1.23. The Morgan fingerprint density at radius 2 is 1.74 bits per heavy atom. The van der Waals surface area contributed by atoms with Gasteiger partial charge in [0.05, 0.1) is 13.2 Å². The summed E-state index contributed by atoms with van der Waals surface area (Å²) < 4.78 is 40.2. The van der Waals surface area contributed by atoms with Gasteiger partial charge in [0.2, 0.25) is 0 Å². The second kappa shape index (κ2) is 9.88. The van der Waals surface area contributed by atoms with Gasteiger partial charge in [0.25, 0.3) is 0 Å². The third kappa shape index (κ3) is 5.13. The van der Waals surface area contributed by atoms with E-state index in [4.69, 9.17) is 21.1 Å². The molecule has 2 unspecified atom stereocenters. The van der Waals surface area contributed by atoms with Crippen LogP contribution in [0.3, 0.4) is 0 Å². The Kier molecular flexibility index (Phi) is 6.98. The van der Waals surface area contributed by atoms with Gasteiger partial charge in [-0.1, -0.05) is 60.1 Å². The van der Waals surface area contributed by atoms with Crippen molar-refractivity contribution in [1.29, 1.82) is 0 Å². The van der Waals surface area contributed by atoms with Gasteiger partial charge in [-0.2, -0.15) is 0 Å². The molecule has 0 aliphatic carbocycles. The van der Waals surface area contributed by atoms with Crippen LogP contribution < -0.4 is 5.32 Å². The number of nitrogens with one attached hydrogen (secondary N) is 1. The Hall–Kier alpha value is -2.31. The van der Waals surface area contributed by atoms with Crippen LogP contribution in [-0.4, -0.2) is 19.2 Å². The lowest BCUT2D eigenvalue weighted by Gasteiger charge is -2.44. The SMILES string of the molecule is Fc1ccc(COC2CNCCC2(OCc2ccccc2)c2ccc(Cl)cc2)c(F)c1. The lowest BCUT2D eigenvalue weighted by atomic mass is 9.82. The van der Waals surface area contributed by atoms with Crippen molar-refractivity contribution in [3.8, 4) is 0 Å². The summed E-state index contributed by atoms with van der Waals surface area (Å²) in [6, 6.07) is 21.0. The van der Waals surface area contributed by atoms with Crippen molar-refractivity contribution >= 4 is 11.6 Å². The van der Waals surface area contributed by atoms with Crippen molar-refractivity contribution in [2.45, 2.75) is 31.3 Å². The maximum Gasteiger partial charge on any atom is 0.131 e. The summed E-state index contributed by atoms with van der Waals surface area (Å²) in [4.78, 5) is 0. The Balaban J connectivity index is 1.61. The average Bonchev–Trinajstić information content (AvgIpc) is 2.79. The van der Waals surface area contributed by atoms with E-state index < -0.39 is 17.2 Å². The van der Waals surface area contributed by atoms with Gasteiger partial charge < -0.3 is 14.8 Å². The smallest absolute Gasteiger partial charge is 0.131 e. The molecular weight excluding hydrogens is 420 g/mol. The fourth-order valence-electron chi connectivity index (χ4n) is 3.95. The highest BCUT2D eigenvalue weighted by Crippen LogP contribution is 2.38. The van der Waals surface area contributed by atoms with Crippen LogP contribution in [0.5, 0.6) is 0 Å². The highest BCUT2D eigenvalue weighted by molar-refractivity contribution is 6.30. The van der Waals surface area contributed by atoms with E-state index in [9.17, 15) is 8.78 Å². The number of piperidine rings is 1. The zero-order chi connectivity index (χ0) is 21.7. The van der Waals surface area contributed by atoms with Crippen LogP contribution in [0.4, 0.5) is 8.78 Å². The van der Waals surface area contributed by atoms with Crippen LogP contribution in [0, 0.1) is 11.6 Å². The molecule has 6 heteroatoms. The molecule has 0 amide bonds. The second-order valence-electron chi connectivity index (χ2n) is 7.66. The number of benzene rings is 3. The van der Waals surface area contributed by atoms with Gasteiger partial charge in [-0.05, 0) is 42.3 Å². The molecule has 0 radical (unpaired) electrons. The quantitative estimate of drug-likeness (QED) is 0.515.